The van der Waals surface area contributed by atoms with Crippen LogP contribution in [0.4, 0.5) is 31.0 Å². The lowest BCUT2D eigenvalue weighted by molar-refractivity contribution is 0.0373. The molecule has 0 radical (unpaired) electrons. The molecule has 3 aromatic rings. The summed E-state index contributed by atoms with van der Waals surface area (Å²) in [6.45, 7) is 3.76. The second-order valence-electron chi connectivity index (χ2n) is 10.4. The number of benzene rings is 3. The van der Waals surface area contributed by atoms with Gasteiger partial charge in [0.05, 0.1) is 37.6 Å². The number of urea groups is 2. The Bertz CT molecular complexity index is 1440. The maximum atomic E-state index is 13.7. The fraction of sp³-hybridized carbons (Fsp3) is 0.323. The first kappa shape index (κ1) is 31.1. The van der Waals surface area contributed by atoms with Crippen molar-refractivity contribution in [2.24, 2.45) is 5.92 Å². The zero-order valence-electron chi connectivity index (χ0n) is 24.5. The Morgan fingerprint density at radius 1 is 1.07 bits per heavy atom. The molecule has 11 nitrogen and oxygen atoms in total. The summed E-state index contributed by atoms with van der Waals surface area (Å²) in [4.78, 5) is 42.6. The Morgan fingerprint density at radius 2 is 1.72 bits per heavy atom. The van der Waals surface area contributed by atoms with E-state index in [0.717, 1.165) is 0 Å². The summed E-state index contributed by atoms with van der Waals surface area (Å²) < 4.78 is 24.9. The number of nitrogens with one attached hydrogen (secondary N) is 3. The summed E-state index contributed by atoms with van der Waals surface area (Å²) in [5, 5.41) is 18.1. The molecular formula is C31H36FN5O6. The number of ether oxygens (including phenoxy) is 2. The maximum absolute atomic E-state index is 13.7. The van der Waals surface area contributed by atoms with Crippen molar-refractivity contribution in [3.05, 3.63) is 78.1 Å². The molecule has 4 N–H and O–H groups in total. The van der Waals surface area contributed by atoms with Crippen LogP contribution in [0.2, 0.25) is 0 Å². The normalized spacial score (nSPS) is 17.0. The number of para-hydroxylation sites is 1. The number of carbonyl (C=O) groups excluding carboxylic acids is 3. The predicted octanol–water partition coefficient (Wildman–Crippen LogP) is 4.86. The second kappa shape index (κ2) is 13.9. The molecule has 1 aliphatic heterocycles. The van der Waals surface area contributed by atoms with Gasteiger partial charge in [-0.05, 0) is 67.6 Å². The highest BCUT2D eigenvalue weighted by atomic mass is 19.1. The quantitative estimate of drug-likeness (QED) is 0.295. The number of amides is 5. The molecule has 3 aromatic carbocycles. The Morgan fingerprint density at radius 3 is 2.37 bits per heavy atom. The highest BCUT2D eigenvalue weighted by Gasteiger charge is 2.35. The minimum absolute atomic E-state index is 0.121. The lowest BCUT2D eigenvalue weighted by Gasteiger charge is -2.38. The molecular weight excluding hydrogens is 557 g/mol. The highest BCUT2D eigenvalue weighted by Crippen LogP contribution is 2.35. The number of methoxy groups -OCH3 is 1. The number of likely N-dealkylation sites (N-methyl/N-ethyl adjacent to an activating group) is 1. The van der Waals surface area contributed by atoms with Crippen LogP contribution in [0, 0.1) is 11.7 Å². The third kappa shape index (κ3) is 7.72. The lowest BCUT2D eigenvalue weighted by Crippen LogP contribution is -2.50. The van der Waals surface area contributed by atoms with Gasteiger partial charge in [0, 0.05) is 30.9 Å². The predicted molar refractivity (Wildman–Crippen MR) is 161 cm³/mol. The number of hydrogen-bond acceptors (Lipinski definition) is 6. The van der Waals surface area contributed by atoms with Crippen molar-refractivity contribution in [1.29, 1.82) is 0 Å². The average Bonchev–Trinajstić information content (AvgIpc) is 3.00. The van der Waals surface area contributed by atoms with Crippen molar-refractivity contribution in [2.45, 2.75) is 26.0 Å². The number of carbonyl (C=O) groups is 3. The second-order valence-corrected chi connectivity index (χ2v) is 10.4. The molecule has 1 aliphatic rings. The van der Waals surface area contributed by atoms with Gasteiger partial charge in [-0.15, -0.1) is 0 Å². The monoisotopic (exact) mass is 593 g/mol. The van der Waals surface area contributed by atoms with Gasteiger partial charge >= 0.3 is 12.1 Å². The van der Waals surface area contributed by atoms with E-state index in [1.54, 1.807) is 68.4 Å². The first-order valence-corrected chi connectivity index (χ1v) is 13.8. The summed E-state index contributed by atoms with van der Waals surface area (Å²) in [5.41, 5.74) is 1.42. The van der Waals surface area contributed by atoms with Crippen LogP contribution in [-0.2, 0) is 0 Å². The smallest absolute Gasteiger partial charge is 0.323 e. The lowest BCUT2D eigenvalue weighted by atomic mass is 9.99. The third-order valence-corrected chi connectivity index (χ3v) is 7.18. The Balaban J connectivity index is 1.60. The van der Waals surface area contributed by atoms with Crippen molar-refractivity contribution < 1.29 is 33.4 Å². The van der Waals surface area contributed by atoms with Crippen LogP contribution in [0.15, 0.2) is 66.7 Å². The van der Waals surface area contributed by atoms with E-state index < -0.39 is 30.0 Å². The number of halogens is 1. The van der Waals surface area contributed by atoms with Crippen molar-refractivity contribution >= 4 is 35.0 Å². The topological polar surface area (TPSA) is 132 Å². The van der Waals surface area contributed by atoms with E-state index in [1.165, 1.54) is 29.2 Å². The fourth-order valence-electron chi connectivity index (χ4n) is 4.62. The summed E-state index contributed by atoms with van der Waals surface area (Å²) in [5.74, 6) is -0.270. The molecule has 1 heterocycles. The number of nitrogens with zero attached hydrogens (tertiary/aromatic N) is 2. The Hall–Kier alpha value is -4.84. The van der Waals surface area contributed by atoms with E-state index >= 15 is 0 Å². The van der Waals surface area contributed by atoms with Crippen molar-refractivity contribution in [3.63, 3.8) is 0 Å². The minimum Gasteiger partial charge on any atom is -0.497 e. The molecule has 0 fully saturated rings. The summed E-state index contributed by atoms with van der Waals surface area (Å²) in [6.07, 6.45) is -0.614. The molecule has 43 heavy (non-hydrogen) atoms. The summed E-state index contributed by atoms with van der Waals surface area (Å²) in [7, 11) is 3.15. The molecule has 0 spiro atoms. The number of fused-ring (bicyclic) bond motifs is 1. The zero-order chi connectivity index (χ0) is 31.1. The molecule has 0 saturated heterocycles. The van der Waals surface area contributed by atoms with E-state index in [-0.39, 0.29) is 48.5 Å². The van der Waals surface area contributed by atoms with Gasteiger partial charge in [-0.2, -0.15) is 0 Å². The van der Waals surface area contributed by atoms with Gasteiger partial charge in [0.15, 0.2) is 5.75 Å². The molecule has 0 bridgehead atoms. The summed E-state index contributed by atoms with van der Waals surface area (Å²) in [6, 6.07) is 15.6. The molecule has 228 valence electrons. The van der Waals surface area contributed by atoms with Crippen LogP contribution in [0.25, 0.3) is 0 Å². The van der Waals surface area contributed by atoms with Crippen LogP contribution >= 0.6 is 0 Å². The highest BCUT2D eigenvalue weighted by molar-refractivity contribution is 6.04. The van der Waals surface area contributed by atoms with Crippen LogP contribution in [-0.4, -0.2) is 78.9 Å². The standard InChI is InChI=1S/C31H36FN5O6/c1-19-16-37(20(2)18-38)29(39)25-6-5-7-26(35-30(40)33-22-12-14-24(42-4)15-13-22)28(25)43-27(19)17-36(3)31(41)34-23-10-8-21(32)9-11-23/h5-15,19-20,27,38H,16-18H2,1-4H3,(H,34,41)(H2,33,35,40)/t19-,20-,27+/m1/s1. The fourth-order valence-corrected chi connectivity index (χ4v) is 4.62. The van der Waals surface area contributed by atoms with Crippen molar-refractivity contribution in [3.8, 4) is 11.5 Å². The first-order valence-electron chi connectivity index (χ1n) is 13.8. The maximum Gasteiger partial charge on any atom is 0.323 e. The molecule has 5 amide bonds. The first-order chi connectivity index (χ1) is 20.6. The van der Waals surface area contributed by atoms with Gasteiger partial charge < -0.3 is 40.3 Å². The van der Waals surface area contributed by atoms with Gasteiger partial charge in [-0.25, -0.2) is 14.0 Å². The molecule has 0 aliphatic carbocycles. The van der Waals surface area contributed by atoms with Gasteiger partial charge in [0.2, 0.25) is 0 Å². The number of rotatable bonds is 8. The van der Waals surface area contributed by atoms with Crippen LogP contribution < -0.4 is 25.4 Å². The molecule has 12 heteroatoms. The van der Waals surface area contributed by atoms with E-state index in [4.69, 9.17) is 9.47 Å². The zero-order valence-corrected chi connectivity index (χ0v) is 24.5. The average molecular weight is 594 g/mol. The van der Waals surface area contributed by atoms with Crippen LogP contribution in [0.5, 0.6) is 11.5 Å². The molecule has 0 saturated carbocycles. The van der Waals surface area contributed by atoms with E-state index in [2.05, 4.69) is 16.0 Å². The van der Waals surface area contributed by atoms with Gasteiger partial charge in [0.25, 0.3) is 5.91 Å². The van der Waals surface area contributed by atoms with Crippen molar-refractivity contribution in [1.82, 2.24) is 9.80 Å². The summed E-state index contributed by atoms with van der Waals surface area (Å²) >= 11 is 0. The van der Waals surface area contributed by atoms with Crippen LogP contribution in [0.3, 0.4) is 0 Å². The van der Waals surface area contributed by atoms with Crippen LogP contribution in [0.1, 0.15) is 24.2 Å². The number of hydrogen-bond donors (Lipinski definition) is 4. The van der Waals surface area contributed by atoms with Gasteiger partial charge in [-0.3, -0.25) is 4.79 Å². The van der Waals surface area contributed by atoms with Gasteiger partial charge in [-0.1, -0.05) is 13.0 Å². The van der Waals surface area contributed by atoms with Crippen molar-refractivity contribution in [2.75, 3.05) is 49.8 Å². The molecule has 3 atom stereocenters. The SMILES string of the molecule is COc1ccc(NC(=O)Nc2cccc3c2O[C@@H](CN(C)C(=O)Nc2ccc(F)cc2)[C@H](C)CN([C@H](C)CO)C3=O)cc1. The minimum atomic E-state index is -0.614. The molecule has 4 rings (SSSR count). The van der Waals surface area contributed by atoms with E-state index in [9.17, 15) is 23.9 Å². The Labute approximate surface area is 249 Å². The number of aliphatic hydroxyl groups excluding tert-OH is 1. The number of anilines is 3. The third-order valence-electron chi connectivity index (χ3n) is 7.18. The molecule has 0 aromatic heterocycles. The van der Waals surface area contributed by atoms with E-state index in [0.29, 0.717) is 17.1 Å². The Kier molecular flexibility index (Phi) is 10.0. The molecule has 0 unspecified atom stereocenters. The van der Waals surface area contributed by atoms with Gasteiger partial charge in [0.1, 0.15) is 17.7 Å². The van der Waals surface area contributed by atoms with E-state index in [1.807, 2.05) is 6.92 Å². The number of aliphatic hydroxyl groups is 1. The largest absolute Gasteiger partial charge is 0.497 e.